The Morgan fingerprint density at radius 2 is 1.57 bits per heavy atom. The van der Waals surface area contributed by atoms with Crippen LogP contribution in [0.5, 0.6) is 11.5 Å². The number of nitrogens with one attached hydrogen (secondary N) is 2. The number of ether oxygens (including phenoxy) is 2. The van der Waals surface area contributed by atoms with E-state index in [1.807, 2.05) is 0 Å². The largest absolute Gasteiger partial charge is 0.495 e. The molecule has 0 bridgehead atoms. The number of carbonyl (C=O) groups excluding carboxylic acids is 2. The first-order chi connectivity index (χ1) is 16.5. The third-order valence-corrected chi connectivity index (χ3v) is 5.46. The van der Waals surface area contributed by atoms with Gasteiger partial charge < -0.3 is 20.1 Å². The quantitative estimate of drug-likeness (QED) is 0.320. The van der Waals surface area contributed by atoms with Crippen LogP contribution < -0.4 is 24.4 Å². The lowest BCUT2D eigenvalue weighted by molar-refractivity contribution is -0.137. The molecule has 3 amide bonds. The standard InChI is InChI=1S/C23H19ClF3N3O4S/c1-33-19-12-20(34-2)18(11-17(19)24)29-22(32)30(35)14-9-7-13(8-10-14)28-21(31)15-5-3-4-6-16(15)23(25,26)27/h3-12,35H,1-2H3,(H,28,31)(H,29,32). The maximum Gasteiger partial charge on any atom is 0.417 e. The molecule has 0 atom stereocenters. The highest BCUT2D eigenvalue weighted by Gasteiger charge is 2.34. The van der Waals surface area contributed by atoms with Gasteiger partial charge in [-0.25, -0.2) is 9.10 Å². The van der Waals surface area contributed by atoms with Crippen LogP contribution in [0.4, 0.5) is 35.0 Å². The van der Waals surface area contributed by atoms with Crippen molar-refractivity contribution in [3.05, 3.63) is 76.8 Å². The van der Waals surface area contributed by atoms with E-state index < -0.39 is 29.2 Å². The minimum Gasteiger partial charge on any atom is -0.495 e. The Morgan fingerprint density at radius 1 is 0.943 bits per heavy atom. The minimum atomic E-state index is -4.67. The van der Waals surface area contributed by atoms with E-state index in [1.54, 1.807) is 0 Å². The van der Waals surface area contributed by atoms with Crippen molar-refractivity contribution in [3.8, 4) is 11.5 Å². The first-order valence-electron chi connectivity index (χ1n) is 9.84. The lowest BCUT2D eigenvalue weighted by atomic mass is 10.1. The Hall–Kier alpha value is -3.57. The molecule has 184 valence electrons. The number of amides is 3. The van der Waals surface area contributed by atoms with Crippen molar-refractivity contribution in [1.29, 1.82) is 0 Å². The fourth-order valence-electron chi connectivity index (χ4n) is 3.06. The average Bonchev–Trinajstić information content (AvgIpc) is 2.83. The average molecular weight is 526 g/mol. The van der Waals surface area contributed by atoms with E-state index in [0.29, 0.717) is 17.2 Å². The van der Waals surface area contributed by atoms with E-state index in [-0.39, 0.29) is 16.4 Å². The summed E-state index contributed by atoms with van der Waals surface area (Å²) >= 11 is 10.3. The van der Waals surface area contributed by atoms with E-state index >= 15 is 0 Å². The van der Waals surface area contributed by atoms with Crippen molar-refractivity contribution in [2.75, 3.05) is 29.2 Å². The van der Waals surface area contributed by atoms with Gasteiger partial charge in [-0.2, -0.15) is 13.2 Å². The number of hydrogen-bond acceptors (Lipinski definition) is 5. The Bertz CT molecular complexity index is 1240. The number of methoxy groups -OCH3 is 2. The molecule has 0 aliphatic carbocycles. The molecule has 0 spiro atoms. The fraction of sp³-hybridized carbons (Fsp3) is 0.130. The number of nitrogens with zero attached hydrogens (tertiary/aromatic N) is 1. The van der Waals surface area contributed by atoms with E-state index in [9.17, 15) is 22.8 Å². The molecule has 0 aliphatic rings. The highest BCUT2D eigenvalue weighted by molar-refractivity contribution is 7.82. The second-order valence-corrected chi connectivity index (χ2v) is 7.78. The van der Waals surface area contributed by atoms with Gasteiger partial charge in [0.2, 0.25) is 0 Å². The highest BCUT2D eigenvalue weighted by Crippen LogP contribution is 2.36. The summed E-state index contributed by atoms with van der Waals surface area (Å²) in [7, 11) is 2.85. The molecule has 35 heavy (non-hydrogen) atoms. The maximum absolute atomic E-state index is 13.2. The molecule has 0 aliphatic heterocycles. The van der Waals surface area contributed by atoms with Crippen LogP contribution in [-0.4, -0.2) is 26.2 Å². The minimum absolute atomic E-state index is 0.224. The molecule has 0 aromatic heterocycles. The SMILES string of the molecule is COc1cc(OC)c(NC(=O)N(S)c2ccc(NC(=O)c3ccccc3C(F)(F)F)cc2)cc1Cl. The third kappa shape index (κ3) is 6.11. The van der Waals surface area contributed by atoms with Gasteiger partial charge in [-0.15, -0.1) is 0 Å². The van der Waals surface area contributed by atoms with E-state index in [4.69, 9.17) is 21.1 Å². The van der Waals surface area contributed by atoms with Crippen LogP contribution in [-0.2, 0) is 6.18 Å². The van der Waals surface area contributed by atoms with Gasteiger partial charge in [-0.05, 0) is 42.5 Å². The molecule has 3 rings (SSSR count). The summed E-state index contributed by atoms with van der Waals surface area (Å²) < 4.78 is 50.9. The van der Waals surface area contributed by atoms with Crippen molar-refractivity contribution >= 4 is 53.4 Å². The number of carbonyl (C=O) groups is 2. The predicted molar refractivity (Wildman–Crippen MR) is 131 cm³/mol. The predicted octanol–water partition coefficient (Wildman–Crippen LogP) is 6.51. The Labute approximate surface area is 209 Å². The number of alkyl halides is 3. The Morgan fingerprint density at radius 3 is 2.17 bits per heavy atom. The van der Waals surface area contributed by atoms with Crippen LogP contribution in [0.15, 0.2) is 60.7 Å². The highest BCUT2D eigenvalue weighted by atomic mass is 35.5. The number of halogens is 4. The number of anilines is 3. The van der Waals surface area contributed by atoms with Crippen molar-refractivity contribution in [1.82, 2.24) is 0 Å². The zero-order chi connectivity index (χ0) is 25.8. The van der Waals surface area contributed by atoms with Gasteiger partial charge in [0.15, 0.2) is 0 Å². The molecule has 7 nitrogen and oxygen atoms in total. The van der Waals surface area contributed by atoms with Crippen LogP contribution in [0.1, 0.15) is 15.9 Å². The molecule has 0 radical (unpaired) electrons. The molecular weight excluding hydrogens is 507 g/mol. The topological polar surface area (TPSA) is 79.9 Å². The van der Waals surface area contributed by atoms with Gasteiger partial charge in [0.05, 0.1) is 41.7 Å². The van der Waals surface area contributed by atoms with E-state index in [1.165, 1.54) is 62.8 Å². The summed E-state index contributed by atoms with van der Waals surface area (Å²) in [5.41, 5.74) is -0.734. The summed E-state index contributed by atoms with van der Waals surface area (Å²) in [6.07, 6.45) is -4.67. The molecule has 2 N–H and O–H groups in total. The Kier molecular flexibility index (Phi) is 8.03. The zero-order valence-corrected chi connectivity index (χ0v) is 20.0. The number of rotatable bonds is 6. The van der Waals surface area contributed by atoms with Gasteiger partial charge in [0.1, 0.15) is 11.5 Å². The summed E-state index contributed by atoms with van der Waals surface area (Å²) in [4.78, 5) is 25.1. The van der Waals surface area contributed by atoms with Gasteiger partial charge >= 0.3 is 12.2 Å². The fourth-order valence-corrected chi connectivity index (χ4v) is 3.48. The van der Waals surface area contributed by atoms with Gasteiger partial charge in [0.25, 0.3) is 5.91 Å². The van der Waals surface area contributed by atoms with Gasteiger partial charge in [0, 0.05) is 11.8 Å². The molecule has 0 fully saturated rings. The van der Waals surface area contributed by atoms with E-state index in [0.717, 1.165) is 16.4 Å². The molecule has 12 heteroatoms. The number of hydrogen-bond donors (Lipinski definition) is 3. The molecule has 0 heterocycles. The zero-order valence-electron chi connectivity index (χ0n) is 18.3. The van der Waals surface area contributed by atoms with Crippen molar-refractivity contribution in [2.45, 2.75) is 6.18 Å². The molecule has 0 saturated heterocycles. The third-order valence-electron chi connectivity index (χ3n) is 4.75. The van der Waals surface area contributed by atoms with Crippen LogP contribution in [0, 0.1) is 0 Å². The van der Waals surface area contributed by atoms with Crippen molar-refractivity contribution < 1.29 is 32.2 Å². The second-order valence-electron chi connectivity index (χ2n) is 6.97. The summed E-state index contributed by atoms with van der Waals surface area (Å²) in [5, 5.41) is 5.27. The lowest BCUT2D eigenvalue weighted by Crippen LogP contribution is -2.27. The van der Waals surface area contributed by atoms with Crippen LogP contribution in [0.2, 0.25) is 5.02 Å². The first-order valence-corrected chi connectivity index (χ1v) is 10.6. The Balaban J connectivity index is 1.72. The molecule has 3 aromatic rings. The lowest BCUT2D eigenvalue weighted by Gasteiger charge is -2.19. The van der Waals surface area contributed by atoms with Gasteiger partial charge in [-0.1, -0.05) is 36.5 Å². The first kappa shape index (κ1) is 26.0. The smallest absolute Gasteiger partial charge is 0.417 e. The van der Waals surface area contributed by atoms with Crippen LogP contribution in [0.3, 0.4) is 0 Å². The summed E-state index contributed by atoms with van der Waals surface area (Å²) in [6.45, 7) is 0. The summed E-state index contributed by atoms with van der Waals surface area (Å²) in [5.74, 6) is -0.257. The molecule has 3 aromatic carbocycles. The van der Waals surface area contributed by atoms with Crippen LogP contribution >= 0.6 is 24.4 Å². The van der Waals surface area contributed by atoms with Crippen molar-refractivity contribution in [3.63, 3.8) is 0 Å². The molecule has 0 unspecified atom stereocenters. The normalized spacial score (nSPS) is 10.9. The van der Waals surface area contributed by atoms with Crippen LogP contribution in [0.25, 0.3) is 0 Å². The van der Waals surface area contributed by atoms with E-state index in [2.05, 4.69) is 23.4 Å². The monoisotopic (exact) mass is 525 g/mol. The number of benzene rings is 3. The number of thiol groups is 1. The molecule has 0 saturated carbocycles. The second kappa shape index (κ2) is 10.8. The van der Waals surface area contributed by atoms with Crippen molar-refractivity contribution in [2.24, 2.45) is 0 Å². The summed E-state index contributed by atoms with van der Waals surface area (Å²) in [6, 6.07) is 12.5. The molecular formula is C23H19ClF3N3O4S. The number of urea groups is 1. The van der Waals surface area contributed by atoms with Gasteiger partial charge in [-0.3, -0.25) is 4.79 Å². The maximum atomic E-state index is 13.2.